The Labute approximate surface area is 215 Å². The third-order valence-corrected chi connectivity index (χ3v) is 6.88. The van der Waals surface area contributed by atoms with E-state index in [9.17, 15) is 14.4 Å². The fourth-order valence-corrected chi connectivity index (χ4v) is 5.06. The molecule has 186 valence electrons. The number of Topliss-reactive ketones (excluding diaryl/α,β-unsaturated/α-hetero) is 1. The average Bonchev–Trinajstić information content (AvgIpc) is 3.37. The van der Waals surface area contributed by atoms with Gasteiger partial charge < -0.3 is 14.6 Å². The lowest BCUT2D eigenvalue weighted by Crippen LogP contribution is -2.45. The molecule has 1 N–H and O–H groups in total. The molecule has 3 amide bonds. The number of benzene rings is 3. The first kappa shape index (κ1) is 24.1. The van der Waals surface area contributed by atoms with E-state index in [2.05, 4.69) is 5.32 Å². The molecule has 7 nitrogen and oxygen atoms in total. The van der Waals surface area contributed by atoms with Crippen LogP contribution < -0.4 is 10.1 Å². The molecule has 0 radical (unpaired) electrons. The molecule has 0 atom stereocenters. The number of rotatable bonds is 7. The molecule has 1 aliphatic heterocycles. The zero-order valence-corrected chi connectivity index (χ0v) is 20.9. The number of amides is 3. The Kier molecular flexibility index (Phi) is 6.13. The summed E-state index contributed by atoms with van der Waals surface area (Å²) < 4.78 is 7.21. The first-order valence-electron chi connectivity index (χ1n) is 12.0. The number of ether oxygens (including phenoxy) is 1. The molecule has 4 aromatic rings. The standard InChI is InChI=1S/C30H27N3O4/c1-20-18-26(21(2)33(20)24-14-16-25(37-3)17-15-24)27(34)19-32-28(35)30(31-29(32)36,22-10-6-4-7-11-22)23-12-8-5-9-13-23/h4-18H,19H2,1-3H3,(H,31,36). The molecule has 5 rings (SSSR count). The predicted octanol–water partition coefficient (Wildman–Crippen LogP) is 4.78. The topological polar surface area (TPSA) is 80.6 Å². The van der Waals surface area contributed by atoms with Crippen LogP contribution in [0.15, 0.2) is 91.0 Å². The molecule has 0 aliphatic carbocycles. The summed E-state index contributed by atoms with van der Waals surface area (Å²) in [6.45, 7) is 3.41. The number of carbonyl (C=O) groups is 3. The minimum atomic E-state index is -1.40. The maximum Gasteiger partial charge on any atom is 0.325 e. The van der Waals surface area contributed by atoms with Crippen LogP contribution in [-0.2, 0) is 10.3 Å². The van der Waals surface area contributed by atoms with Gasteiger partial charge in [0.15, 0.2) is 11.3 Å². The number of nitrogens with one attached hydrogen (secondary N) is 1. The number of aryl methyl sites for hydroxylation is 1. The Morgan fingerprint density at radius 1 is 0.865 bits per heavy atom. The summed E-state index contributed by atoms with van der Waals surface area (Å²) >= 11 is 0. The number of nitrogens with zero attached hydrogens (tertiary/aromatic N) is 2. The summed E-state index contributed by atoms with van der Waals surface area (Å²) in [5.74, 6) is -0.0538. The van der Waals surface area contributed by atoms with E-state index in [4.69, 9.17) is 4.74 Å². The van der Waals surface area contributed by atoms with Gasteiger partial charge in [-0.3, -0.25) is 14.5 Å². The smallest absolute Gasteiger partial charge is 0.325 e. The highest BCUT2D eigenvalue weighted by Gasteiger charge is 2.54. The minimum absolute atomic E-state index is 0.312. The second-order valence-corrected chi connectivity index (χ2v) is 9.04. The van der Waals surface area contributed by atoms with E-state index >= 15 is 0 Å². The van der Waals surface area contributed by atoms with Crippen molar-refractivity contribution in [3.8, 4) is 11.4 Å². The zero-order valence-electron chi connectivity index (χ0n) is 20.9. The van der Waals surface area contributed by atoms with Gasteiger partial charge >= 0.3 is 6.03 Å². The maximum atomic E-state index is 13.9. The van der Waals surface area contributed by atoms with Gasteiger partial charge in [0.2, 0.25) is 0 Å². The summed E-state index contributed by atoms with van der Waals surface area (Å²) in [5.41, 5.74) is 2.81. The van der Waals surface area contributed by atoms with Gasteiger partial charge in [-0.2, -0.15) is 0 Å². The fourth-order valence-electron chi connectivity index (χ4n) is 5.06. The SMILES string of the molecule is COc1ccc(-n2c(C)cc(C(=O)CN3C(=O)NC(c4ccccc4)(c4ccccc4)C3=O)c2C)cc1. The lowest BCUT2D eigenvalue weighted by atomic mass is 9.82. The van der Waals surface area contributed by atoms with E-state index in [1.165, 1.54) is 0 Å². The number of aromatic nitrogens is 1. The van der Waals surface area contributed by atoms with Crippen LogP contribution in [0.3, 0.4) is 0 Å². The highest BCUT2D eigenvalue weighted by Crippen LogP contribution is 2.36. The Morgan fingerprint density at radius 3 is 1.97 bits per heavy atom. The maximum absolute atomic E-state index is 13.9. The molecule has 0 unspecified atom stereocenters. The van der Waals surface area contributed by atoms with Gasteiger partial charge in [-0.15, -0.1) is 0 Å². The van der Waals surface area contributed by atoms with Crippen molar-refractivity contribution in [2.24, 2.45) is 0 Å². The van der Waals surface area contributed by atoms with E-state index < -0.39 is 17.5 Å². The summed E-state index contributed by atoms with van der Waals surface area (Å²) in [6.07, 6.45) is 0. The Morgan fingerprint density at radius 2 is 1.43 bits per heavy atom. The van der Waals surface area contributed by atoms with Crippen LogP contribution in [0.5, 0.6) is 5.75 Å². The Bertz CT molecular complexity index is 1440. The summed E-state index contributed by atoms with van der Waals surface area (Å²) in [5, 5.41) is 2.89. The Hall–Kier alpha value is -4.65. The number of carbonyl (C=O) groups excluding carboxylic acids is 3. The van der Waals surface area contributed by atoms with Crippen LogP contribution in [0, 0.1) is 13.8 Å². The number of urea groups is 1. The summed E-state index contributed by atoms with van der Waals surface area (Å²) in [4.78, 5) is 41.6. The molecule has 0 saturated carbocycles. The highest BCUT2D eigenvalue weighted by molar-refractivity contribution is 6.13. The third-order valence-electron chi connectivity index (χ3n) is 6.88. The predicted molar refractivity (Wildman–Crippen MR) is 140 cm³/mol. The molecule has 1 aromatic heterocycles. The highest BCUT2D eigenvalue weighted by atomic mass is 16.5. The van der Waals surface area contributed by atoms with Crippen molar-refractivity contribution >= 4 is 17.7 Å². The number of hydrogen-bond acceptors (Lipinski definition) is 4. The van der Waals surface area contributed by atoms with Crippen molar-refractivity contribution in [2.45, 2.75) is 19.4 Å². The van der Waals surface area contributed by atoms with Gasteiger partial charge in [-0.05, 0) is 55.3 Å². The first-order valence-corrected chi connectivity index (χ1v) is 12.0. The molecular weight excluding hydrogens is 466 g/mol. The molecule has 2 heterocycles. The molecule has 7 heteroatoms. The monoisotopic (exact) mass is 493 g/mol. The normalized spacial score (nSPS) is 14.5. The molecule has 1 aliphatic rings. The van der Waals surface area contributed by atoms with E-state index in [-0.39, 0.29) is 12.3 Å². The van der Waals surface area contributed by atoms with E-state index in [0.29, 0.717) is 16.7 Å². The van der Waals surface area contributed by atoms with Crippen molar-refractivity contribution in [2.75, 3.05) is 13.7 Å². The van der Waals surface area contributed by atoms with E-state index in [0.717, 1.165) is 27.7 Å². The van der Waals surface area contributed by atoms with Crippen molar-refractivity contribution in [3.63, 3.8) is 0 Å². The second kappa shape index (κ2) is 9.43. The Balaban J connectivity index is 1.48. The molecule has 1 fully saturated rings. The first-order chi connectivity index (χ1) is 17.9. The van der Waals surface area contributed by atoms with Crippen molar-refractivity contribution in [1.82, 2.24) is 14.8 Å². The van der Waals surface area contributed by atoms with Gasteiger partial charge in [0.05, 0.1) is 13.7 Å². The molecule has 0 spiro atoms. The number of hydrogen-bond donors (Lipinski definition) is 1. The third kappa shape index (κ3) is 3.98. The van der Waals surface area contributed by atoms with Gasteiger partial charge in [0, 0.05) is 22.6 Å². The molecule has 1 saturated heterocycles. The molecule has 0 bridgehead atoms. The fraction of sp³-hybridized carbons (Fsp3) is 0.167. The lowest BCUT2D eigenvalue weighted by molar-refractivity contribution is -0.129. The van der Waals surface area contributed by atoms with Gasteiger partial charge in [-0.1, -0.05) is 60.7 Å². The number of ketones is 1. The summed E-state index contributed by atoms with van der Waals surface area (Å²) in [6, 6.07) is 26.9. The van der Waals surface area contributed by atoms with Gasteiger partial charge in [-0.25, -0.2) is 4.79 Å². The molecule has 37 heavy (non-hydrogen) atoms. The van der Waals surface area contributed by atoms with Crippen LogP contribution in [0.1, 0.15) is 32.9 Å². The number of imide groups is 1. The number of methoxy groups -OCH3 is 1. The van der Waals surface area contributed by atoms with E-state index in [1.54, 1.807) is 37.4 Å². The van der Waals surface area contributed by atoms with Gasteiger partial charge in [0.25, 0.3) is 5.91 Å². The van der Waals surface area contributed by atoms with Gasteiger partial charge in [0.1, 0.15) is 5.75 Å². The van der Waals surface area contributed by atoms with Crippen LogP contribution in [0.25, 0.3) is 5.69 Å². The second-order valence-electron chi connectivity index (χ2n) is 9.04. The van der Waals surface area contributed by atoms with Crippen LogP contribution in [0.4, 0.5) is 4.79 Å². The zero-order chi connectivity index (χ0) is 26.2. The largest absolute Gasteiger partial charge is 0.497 e. The van der Waals surface area contributed by atoms with E-state index in [1.807, 2.05) is 79.1 Å². The summed E-state index contributed by atoms with van der Waals surface area (Å²) in [7, 11) is 1.61. The molecule has 3 aromatic carbocycles. The van der Waals surface area contributed by atoms with Crippen LogP contribution >= 0.6 is 0 Å². The quantitative estimate of drug-likeness (QED) is 0.297. The lowest BCUT2D eigenvalue weighted by Gasteiger charge is -2.28. The van der Waals surface area contributed by atoms with Crippen molar-refractivity contribution in [1.29, 1.82) is 0 Å². The van der Waals surface area contributed by atoms with Crippen LogP contribution in [-0.4, -0.2) is 40.8 Å². The molecular formula is C30H27N3O4. The van der Waals surface area contributed by atoms with Crippen molar-refractivity contribution in [3.05, 3.63) is 119 Å². The van der Waals surface area contributed by atoms with Crippen LogP contribution in [0.2, 0.25) is 0 Å². The average molecular weight is 494 g/mol. The minimum Gasteiger partial charge on any atom is -0.497 e. The van der Waals surface area contributed by atoms with Crippen molar-refractivity contribution < 1.29 is 19.1 Å².